The predicted octanol–water partition coefficient (Wildman–Crippen LogP) is 3.39. The van der Waals surface area contributed by atoms with Gasteiger partial charge in [0.1, 0.15) is 11.3 Å². The van der Waals surface area contributed by atoms with Crippen LogP contribution in [-0.2, 0) is 11.8 Å². The maximum absolute atomic E-state index is 5.65. The van der Waals surface area contributed by atoms with E-state index in [9.17, 15) is 0 Å². The van der Waals surface area contributed by atoms with Crippen LogP contribution in [0.15, 0.2) is 36.8 Å². The van der Waals surface area contributed by atoms with Gasteiger partial charge in [0.15, 0.2) is 5.82 Å². The third-order valence-electron chi connectivity index (χ3n) is 6.62. The van der Waals surface area contributed by atoms with Crippen LogP contribution in [0.4, 0.5) is 17.5 Å². The van der Waals surface area contributed by atoms with Crippen molar-refractivity contribution in [3.63, 3.8) is 0 Å². The molecule has 0 atom stereocenters. The Bertz CT molecular complexity index is 1350. The quantitative estimate of drug-likeness (QED) is 0.490. The monoisotopic (exact) mass is 455 g/mol. The molecule has 1 aromatic carbocycles. The zero-order chi connectivity index (χ0) is 23.1. The van der Waals surface area contributed by atoms with Crippen molar-refractivity contribution in [2.24, 2.45) is 12.5 Å². The minimum Gasteiger partial charge on any atom is -0.495 e. The summed E-state index contributed by atoms with van der Waals surface area (Å²) in [6.45, 7) is 3.50. The zero-order valence-electron chi connectivity index (χ0n) is 19.2. The maximum Gasteiger partial charge on any atom is 0.228 e. The van der Waals surface area contributed by atoms with Gasteiger partial charge < -0.3 is 19.7 Å². The molecule has 0 aliphatic carbocycles. The van der Waals surface area contributed by atoms with E-state index in [2.05, 4.69) is 37.5 Å². The van der Waals surface area contributed by atoms with E-state index in [1.807, 2.05) is 37.6 Å². The number of piperidine rings is 1. The molecule has 0 radical (unpaired) electrons. The molecule has 0 bridgehead atoms. The van der Waals surface area contributed by atoms with Crippen LogP contribution < -0.4 is 15.0 Å². The first-order chi connectivity index (χ1) is 16.6. The molecule has 6 rings (SSSR count). The smallest absolute Gasteiger partial charge is 0.228 e. The summed E-state index contributed by atoms with van der Waals surface area (Å²) >= 11 is 0. The van der Waals surface area contributed by atoms with Gasteiger partial charge in [-0.05, 0) is 36.6 Å². The number of hydrogen-bond donors (Lipinski definition) is 1. The summed E-state index contributed by atoms with van der Waals surface area (Å²) in [5, 5.41) is 8.35. The summed E-state index contributed by atoms with van der Waals surface area (Å²) in [4.78, 5) is 16.2. The largest absolute Gasteiger partial charge is 0.495 e. The van der Waals surface area contributed by atoms with Crippen molar-refractivity contribution < 1.29 is 9.47 Å². The van der Waals surface area contributed by atoms with Crippen molar-refractivity contribution in [2.45, 2.75) is 12.8 Å². The summed E-state index contributed by atoms with van der Waals surface area (Å²) in [5.41, 5.74) is 3.82. The molecule has 1 N–H and O–H groups in total. The van der Waals surface area contributed by atoms with Crippen molar-refractivity contribution in [2.75, 3.05) is 43.6 Å². The number of nitrogens with one attached hydrogen (secondary N) is 1. The van der Waals surface area contributed by atoms with Crippen molar-refractivity contribution in [1.82, 2.24) is 24.7 Å². The van der Waals surface area contributed by atoms with Gasteiger partial charge in [-0.1, -0.05) is 6.07 Å². The molecule has 5 heterocycles. The van der Waals surface area contributed by atoms with Gasteiger partial charge in [-0.15, -0.1) is 0 Å². The number of methoxy groups -OCH3 is 1. The molecule has 0 unspecified atom stereocenters. The highest BCUT2D eigenvalue weighted by Crippen LogP contribution is 2.39. The van der Waals surface area contributed by atoms with Crippen molar-refractivity contribution in [3.05, 3.63) is 49.1 Å². The second kappa shape index (κ2) is 8.15. The zero-order valence-corrected chi connectivity index (χ0v) is 19.2. The lowest BCUT2D eigenvalue weighted by molar-refractivity contribution is -0.117. The number of rotatable bonds is 5. The number of anilines is 3. The van der Waals surface area contributed by atoms with Gasteiger partial charge in [0.2, 0.25) is 5.95 Å². The van der Waals surface area contributed by atoms with Crippen molar-refractivity contribution >= 4 is 28.4 Å². The molecule has 2 aliphatic rings. The summed E-state index contributed by atoms with van der Waals surface area (Å²) in [5.74, 6) is 1.99. The van der Waals surface area contributed by atoms with Crippen LogP contribution >= 0.6 is 0 Å². The van der Waals surface area contributed by atoms with E-state index in [-0.39, 0.29) is 5.41 Å². The molecule has 1 spiro atoms. The Morgan fingerprint density at radius 2 is 2.12 bits per heavy atom. The first-order valence-corrected chi connectivity index (χ1v) is 11.4. The summed E-state index contributed by atoms with van der Waals surface area (Å²) < 4.78 is 12.9. The van der Waals surface area contributed by atoms with E-state index in [0.29, 0.717) is 11.7 Å². The van der Waals surface area contributed by atoms with E-state index >= 15 is 0 Å². The average molecular weight is 456 g/mol. The SMILES string of the molecule is COc1cc(-c2cnn(C)c2)ccc1Nc1ncc2c#cnc(N3CCCC4(COC4)C3)c2n1. The third-order valence-corrected chi connectivity index (χ3v) is 6.62. The molecular formula is C25H25N7O2. The van der Waals surface area contributed by atoms with Gasteiger partial charge in [0.05, 0.1) is 37.6 Å². The number of hydrogen-bond acceptors (Lipinski definition) is 8. The van der Waals surface area contributed by atoms with E-state index in [4.69, 9.17) is 14.5 Å². The van der Waals surface area contributed by atoms with Gasteiger partial charge in [0.25, 0.3) is 0 Å². The highest BCUT2D eigenvalue weighted by Gasteiger charge is 2.42. The fourth-order valence-electron chi connectivity index (χ4n) is 4.80. The summed E-state index contributed by atoms with van der Waals surface area (Å²) in [6.07, 6.45) is 10.8. The Labute approximate surface area is 197 Å². The van der Waals surface area contributed by atoms with Crippen LogP contribution in [0.2, 0.25) is 0 Å². The normalized spacial score (nSPS) is 16.8. The molecule has 2 fully saturated rings. The minimum atomic E-state index is 0.239. The van der Waals surface area contributed by atoms with Crippen LogP contribution in [0.5, 0.6) is 5.75 Å². The molecular weight excluding hydrogens is 430 g/mol. The number of benzene rings is 1. The summed E-state index contributed by atoms with van der Waals surface area (Å²) in [7, 11) is 3.55. The third kappa shape index (κ3) is 3.66. The first kappa shape index (κ1) is 20.7. The van der Waals surface area contributed by atoms with Crippen LogP contribution in [0, 0.1) is 17.7 Å². The number of fused-ring (bicyclic) bond motifs is 1. The first-order valence-electron chi connectivity index (χ1n) is 11.4. The highest BCUT2D eigenvalue weighted by molar-refractivity contribution is 5.88. The van der Waals surface area contributed by atoms with Crippen LogP contribution in [0.1, 0.15) is 12.8 Å². The lowest BCUT2D eigenvalue weighted by Gasteiger charge is -2.48. The molecule has 172 valence electrons. The maximum atomic E-state index is 5.65. The lowest BCUT2D eigenvalue weighted by atomic mass is 9.78. The Hall–Kier alpha value is -3.90. The standard InChI is InChI=1S/C25H25N7O2/c1-31-13-19(12-28-31)17-4-5-20(21(10-17)33-2)29-24-27-11-18-6-8-26-23(22(18)30-24)32-9-3-7-25(14-32)15-34-16-25/h4-5,10-13H,3,7,9,14-16H2,1-2H3,(H,27,29,30). The second-order valence-electron chi connectivity index (χ2n) is 9.09. The number of aromatic nitrogens is 5. The molecule has 9 heteroatoms. The molecule has 34 heavy (non-hydrogen) atoms. The Balaban J connectivity index is 1.31. The topological polar surface area (TPSA) is 90.2 Å². The fourth-order valence-corrected chi connectivity index (χ4v) is 4.80. The Kier molecular flexibility index (Phi) is 4.96. The molecule has 0 amide bonds. The van der Waals surface area contributed by atoms with Gasteiger partial charge in [-0.25, -0.2) is 9.97 Å². The molecule has 9 nitrogen and oxygen atoms in total. The van der Waals surface area contributed by atoms with E-state index < -0.39 is 0 Å². The lowest BCUT2D eigenvalue weighted by Crippen LogP contribution is -2.54. The van der Waals surface area contributed by atoms with Gasteiger partial charge in [-0.2, -0.15) is 10.1 Å². The van der Waals surface area contributed by atoms with Crippen molar-refractivity contribution in [3.8, 4) is 16.9 Å². The predicted molar refractivity (Wildman–Crippen MR) is 128 cm³/mol. The van der Waals surface area contributed by atoms with Crippen LogP contribution in [0.25, 0.3) is 22.0 Å². The van der Waals surface area contributed by atoms with Gasteiger partial charge >= 0.3 is 0 Å². The van der Waals surface area contributed by atoms with Crippen LogP contribution in [-0.4, -0.2) is 58.1 Å². The average Bonchev–Trinajstić information content (AvgIpc) is 3.29. The second-order valence-corrected chi connectivity index (χ2v) is 9.09. The fraction of sp³-hybridized carbons (Fsp3) is 0.360. The number of ether oxygens (including phenoxy) is 2. The molecule has 4 aromatic rings. The van der Waals surface area contributed by atoms with E-state index in [0.717, 1.165) is 66.3 Å². The highest BCUT2D eigenvalue weighted by atomic mass is 16.5. The van der Waals surface area contributed by atoms with E-state index in [1.54, 1.807) is 18.0 Å². The number of aryl methyl sites for hydroxylation is 1. The summed E-state index contributed by atoms with van der Waals surface area (Å²) in [6, 6.07) is 9.01. The molecule has 0 saturated carbocycles. The minimum absolute atomic E-state index is 0.239. The Morgan fingerprint density at radius 3 is 2.88 bits per heavy atom. The Morgan fingerprint density at radius 1 is 1.21 bits per heavy atom. The molecule has 3 aromatic heterocycles. The van der Waals surface area contributed by atoms with Gasteiger partial charge in [0, 0.05) is 49.7 Å². The number of nitrogens with zero attached hydrogens (tertiary/aromatic N) is 6. The van der Waals surface area contributed by atoms with Gasteiger partial charge in [-0.3, -0.25) is 4.68 Å². The molecule has 2 saturated heterocycles. The van der Waals surface area contributed by atoms with Crippen molar-refractivity contribution in [1.29, 1.82) is 0 Å². The van der Waals surface area contributed by atoms with Crippen LogP contribution in [0.3, 0.4) is 0 Å². The van der Waals surface area contributed by atoms with E-state index in [1.165, 1.54) is 6.42 Å². The molecule has 2 aliphatic heterocycles.